The first kappa shape index (κ1) is 19.5. The molecule has 2 aromatic rings. The number of nitrogens with zero attached hydrogens (tertiary/aromatic N) is 1. The minimum absolute atomic E-state index is 0.0232. The van der Waals surface area contributed by atoms with E-state index in [-0.39, 0.29) is 28.4 Å². The van der Waals surface area contributed by atoms with E-state index in [2.05, 4.69) is 10.0 Å². The minimum atomic E-state index is -3.70. The van der Waals surface area contributed by atoms with Gasteiger partial charge in [0, 0.05) is 29.4 Å². The number of amides is 1. The van der Waals surface area contributed by atoms with Crippen LogP contribution in [0.3, 0.4) is 0 Å². The molecule has 0 bridgehead atoms. The summed E-state index contributed by atoms with van der Waals surface area (Å²) in [7, 11) is -3.70. The second kappa shape index (κ2) is 7.63. The van der Waals surface area contributed by atoms with E-state index in [1.165, 1.54) is 30.3 Å². The van der Waals surface area contributed by atoms with Gasteiger partial charge in [0.15, 0.2) is 0 Å². The normalized spacial score (nSPS) is 11.2. The minimum Gasteiger partial charge on any atom is -0.322 e. The average molecular weight is 377 g/mol. The second-order valence-corrected chi connectivity index (χ2v) is 7.46. The summed E-state index contributed by atoms with van der Waals surface area (Å²) in [5.74, 6) is -0.547. The highest BCUT2D eigenvalue weighted by atomic mass is 32.2. The van der Waals surface area contributed by atoms with E-state index in [1.807, 2.05) is 0 Å². The van der Waals surface area contributed by atoms with Crippen LogP contribution >= 0.6 is 0 Å². The molecular weight excluding hydrogens is 358 g/mol. The monoisotopic (exact) mass is 377 g/mol. The van der Waals surface area contributed by atoms with Gasteiger partial charge in [0.2, 0.25) is 10.0 Å². The summed E-state index contributed by atoms with van der Waals surface area (Å²) in [5.41, 5.74) is 1.38. The van der Waals surface area contributed by atoms with Crippen molar-refractivity contribution in [2.24, 2.45) is 0 Å². The van der Waals surface area contributed by atoms with E-state index in [1.54, 1.807) is 26.8 Å². The molecule has 0 aromatic heterocycles. The molecule has 138 valence electrons. The molecule has 0 unspecified atom stereocenters. The fourth-order valence-electron chi connectivity index (χ4n) is 2.37. The Labute approximate surface area is 151 Å². The van der Waals surface area contributed by atoms with Crippen LogP contribution in [-0.4, -0.2) is 25.8 Å². The van der Waals surface area contributed by atoms with Gasteiger partial charge >= 0.3 is 0 Å². The summed E-state index contributed by atoms with van der Waals surface area (Å²) in [6, 6.07) is 8.59. The molecular formula is C17H19N3O5S. The van der Waals surface area contributed by atoms with Crippen LogP contribution in [0.1, 0.15) is 28.4 Å². The molecule has 0 aliphatic carbocycles. The summed E-state index contributed by atoms with van der Waals surface area (Å²) < 4.78 is 26.6. The van der Waals surface area contributed by atoms with Crippen LogP contribution in [0.15, 0.2) is 41.3 Å². The molecule has 0 saturated carbocycles. The molecule has 9 heteroatoms. The van der Waals surface area contributed by atoms with Gasteiger partial charge in [0.25, 0.3) is 11.6 Å². The van der Waals surface area contributed by atoms with E-state index in [0.29, 0.717) is 11.1 Å². The zero-order chi connectivity index (χ0) is 19.5. The average Bonchev–Trinajstić information content (AvgIpc) is 2.56. The van der Waals surface area contributed by atoms with Crippen LogP contribution in [-0.2, 0) is 10.0 Å². The molecule has 2 N–H and O–H groups in total. The maximum atomic E-state index is 12.5. The summed E-state index contributed by atoms with van der Waals surface area (Å²) in [5, 5.41) is 13.6. The number of hydrogen-bond donors (Lipinski definition) is 2. The van der Waals surface area contributed by atoms with E-state index >= 15 is 0 Å². The number of carbonyl (C=O) groups is 1. The highest BCUT2D eigenvalue weighted by molar-refractivity contribution is 7.89. The van der Waals surface area contributed by atoms with Gasteiger partial charge in [-0.1, -0.05) is 19.1 Å². The Kier molecular flexibility index (Phi) is 5.73. The Hall–Kier alpha value is -2.78. The van der Waals surface area contributed by atoms with Crippen molar-refractivity contribution in [2.75, 3.05) is 11.9 Å². The first-order valence-electron chi connectivity index (χ1n) is 7.82. The van der Waals surface area contributed by atoms with Crippen molar-refractivity contribution < 1.29 is 18.1 Å². The van der Waals surface area contributed by atoms with Gasteiger partial charge in [-0.25, -0.2) is 13.1 Å². The Bertz CT molecular complexity index is 970. The SMILES string of the molecule is CCNS(=O)(=O)c1ccc(C)c(C(=O)Nc2ccc(C)c([N+](=O)[O-])c2)c1. The first-order chi connectivity index (χ1) is 12.2. The number of rotatable bonds is 6. The number of nitro groups is 1. The largest absolute Gasteiger partial charge is 0.322 e. The topological polar surface area (TPSA) is 118 Å². The smallest absolute Gasteiger partial charge is 0.274 e. The number of nitro benzene ring substituents is 1. The van der Waals surface area contributed by atoms with Gasteiger partial charge in [-0.2, -0.15) is 0 Å². The van der Waals surface area contributed by atoms with Crippen molar-refractivity contribution in [1.82, 2.24) is 4.72 Å². The van der Waals surface area contributed by atoms with Gasteiger partial charge < -0.3 is 5.32 Å². The van der Waals surface area contributed by atoms with Gasteiger partial charge in [-0.05, 0) is 37.6 Å². The lowest BCUT2D eigenvalue weighted by atomic mass is 10.1. The van der Waals surface area contributed by atoms with Crippen LogP contribution in [0.5, 0.6) is 0 Å². The quantitative estimate of drug-likeness (QED) is 0.593. The third-order valence-corrected chi connectivity index (χ3v) is 5.31. The Balaban J connectivity index is 2.36. The molecule has 2 rings (SSSR count). The molecule has 0 aliphatic rings. The number of anilines is 1. The lowest BCUT2D eigenvalue weighted by Crippen LogP contribution is -2.24. The van der Waals surface area contributed by atoms with Crippen molar-refractivity contribution >= 4 is 27.3 Å². The van der Waals surface area contributed by atoms with Crippen molar-refractivity contribution in [1.29, 1.82) is 0 Å². The van der Waals surface area contributed by atoms with E-state index in [4.69, 9.17) is 0 Å². The second-order valence-electron chi connectivity index (χ2n) is 5.69. The Morgan fingerprint density at radius 2 is 1.77 bits per heavy atom. The van der Waals surface area contributed by atoms with E-state index in [9.17, 15) is 23.3 Å². The Morgan fingerprint density at radius 1 is 1.12 bits per heavy atom. The number of sulfonamides is 1. The standard InChI is InChI=1S/C17H19N3O5S/c1-4-18-26(24,25)14-8-6-11(2)15(10-14)17(21)19-13-7-5-12(3)16(9-13)20(22)23/h5-10,18H,4H2,1-3H3,(H,19,21). The summed E-state index contributed by atoms with van der Waals surface area (Å²) in [6.07, 6.45) is 0. The maximum Gasteiger partial charge on any atom is 0.274 e. The van der Waals surface area contributed by atoms with Crippen LogP contribution < -0.4 is 10.0 Å². The number of benzene rings is 2. The Morgan fingerprint density at radius 3 is 2.38 bits per heavy atom. The van der Waals surface area contributed by atoms with Crippen LogP contribution in [0.4, 0.5) is 11.4 Å². The third kappa shape index (κ3) is 4.24. The fourth-order valence-corrected chi connectivity index (χ4v) is 3.44. The van der Waals surface area contributed by atoms with Crippen molar-refractivity contribution in [3.63, 3.8) is 0 Å². The number of nitrogens with one attached hydrogen (secondary N) is 2. The third-order valence-electron chi connectivity index (χ3n) is 3.76. The molecule has 1 amide bonds. The van der Waals surface area contributed by atoms with Crippen LogP contribution in [0.2, 0.25) is 0 Å². The fraction of sp³-hybridized carbons (Fsp3) is 0.235. The van der Waals surface area contributed by atoms with Crippen LogP contribution in [0.25, 0.3) is 0 Å². The zero-order valence-electron chi connectivity index (χ0n) is 14.6. The van der Waals surface area contributed by atoms with Crippen molar-refractivity contribution in [3.8, 4) is 0 Å². The molecule has 2 aromatic carbocycles. The van der Waals surface area contributed by atoms with E-state index < -0.39 is 20.9 Å². The number of carbonyl (C=O) groups excluding carboxylic acids is 1. The highest BCUT2D eigenvalue weighted by Gasteiger charge is 2.18. The molecule has 0 fully saturated rings. The predicted octanol–water partition coefficient (Wildman–Crippen LogP) is 2.76. The number of aryl methyl sites for hydroxylation is 2. The number of hydrogen-bond acceptors (Lipinski definition) is 5. The molecule has 8 nitrogen and oxygen atoms in total. The van der Waals surface area contributed by atoms with Gasteiger partial charge in [-0.3, -0.25) is 14.9 Å². The molecule has 0 spiro atoms. The van der Waals surface area contributed by atoms with Gasteiger partial charge in [-0.15, -0.1) is 0 Å². The summed E-state index contributed by atoms with van der Waals surface area (Å²) >= 11 is 0. The molecule has 0 atom stereocenters. The van der Waals surface area contributed by atoms with Gasteiger partial charge in [0.05, 0.1) is 9.82 Å². The summed E-state index contributed by atoms with van der Waals surface area (Å²) in [4.78, 5) is 23.0. The van der Waals surface area contributed by atoms with E-state index in [0.717, 1.165) is 0 Å². The molecule has 0 saturated heterocycles. The lowest BCUT2D eigenvalue weighted by Gasteiger charge is -2.11. The maximum absolute atomic E-state index is 12.5. The van der Waals surface area contributed by atoms with Crippen LogP contribution in [0, 0.1) is 24.0 Å². The summed E-state index contributed by atoms with van der Waals surface area (Å²) in [6.45, 7) is 5.16. The molecule has 0 aliphatic heterocycles. The molecule has 0 radical (unpaired) electrons. The van der Waals surface area contributed by atoms with Crippen molar-refractivity contribution in [3.05, 3.63) is 63.2 Å². The molecule has 26 heavy (non-hydrogen) atoms. The lowest BCUT2D eigenvalue weighted by molar-refractivity contribution is -0.385. The zero-order valence-corrected chi connectivity index (χ0v) is 15.4. The van der Waals surface area contributed by atoms with Gasteiger partial charge in [0.1, 0.15) is 0 Å². The predicted molar refractivity (Wildman–Crippen MR) is 97.8 cm³/mol. The highest BCUT2D eigenvalue weighted by Crippen LogP contribution is 2.23. The van der Waals surface area contributed by atoms with Crippen molar-refractivity contribution in [2.45, 2.75) is 25.7 Å². The molecule has 0 heterocycles. The first-order valence-corrected chi connectivity index (χ1v) is 9.30.